The van der Waals surface area contributed by atoms with Crippen LogP contribution in [-0.4, -0.2) is 38.5 Å². The highest BCUT2D eigenvalue weighted by molar-refractivity contribution is 5.91. The molecule has 112 valence electrons. The second-order valence-corrected chi connectivity index (χ2v) is 4.82. The van der Waals surface area contributed by atoms with Gasteiger partial charge < -0.3 is 10.4 Å². The molecular formula is C13H22N4O3. The number of amides is 1. The third-order valence-electron chi connectivity index (χ3n) is 3.16. The van der Waals surface area contributed by atoms with Gasteiger partial charge in [0.1, 0.15) is 6.54 Å². The molecule has 0 aliphatic rings. The van der Waals surface area contributed by atoms with Crippen molar-refractivity contribution in [3.8, 4) is 0 Å². The number of carbonyl (C=O) groups excluding carboxylic acids is 1. The number of hydrogen-bond donors (Lipinski definition) is 2. The SMILES string of the molecule is CCCCC(CC)CNC(=O)c1cn(CC(=O)O)nn1. The molecule has 0 saturated carbocycles. The highest BCUT2D eigenvalue weighted by Gasteiger charge is 2.13. The van der Waals surface area contributed by atoms with Gasteiger partial charge in [-0.15, -0.1) is 5.10 Å². The predicted octanol–water partition coefficient (Wildman–Crippen LogP) is 1.31. The van der Waals surface area contributed by atoms with Crippen LogP contribution in [0.25, 0.3) is 0 Å². The maximum absolute atomic E-state index is 11.9. The summed E-state index contributed by atoms with van der Waals surface area (Å²) in [4.78, 5) is 22.4. The lowest BCUT2D eigenvalue weighted by Gasteiger charge is -2.14. The summed E-state index contributed by atoms with van der Waals surface area (Å²) in [6.07, 6.45) is 5.76. The molecule has 1 aromatic rings. The van der Waals surface area contributed by atoms with E-state index in [2.05, 4.69) is 29.5 Å². The zero-order chi connectivity index (χ0) is 15.0. The number of carboxylic acid groups (broad SMARTS) is 1. The maximum atomic E-state index is 11.9. The van der Waals surface area contributed by atoms with Crippen molar-refractivity contribution < 1.29 is 14.7 Å². The summed E-state index contributed by atoms with van der Waals surface area (Å²) in [5.74, 6) is -0.864. The summed E-state index contributed by atoms with van der Waals surface area (Å²) in [7, 11) is 0. The van der Waals surface area contributed by atoms with Crippen molar-refractivity contribution in [3.63, 3.8) is 0 Å². The summed E-state index contributed by atoms with van der Waals surface area (Å²) in [6.45, 7) is 4.57. The van der Waals surface area contributed by atoms with Gasteiger partial charge >= 0.3 is 5.97 Å². The number of nitrogens with zero attached hydrogens (tertiary/aromatic N) is 3. The second-order valence-electron chi connectivity index (χ2n) is 4.82. The average molecular weight is 282 g/mol. The van der Waals surface area contributed by atoms with E-state index in [0.717, 1.165) is 30.4 Å². The normalized spacial score (nSPS) is 12.1. The van der Waals surface area contributed by atoms with Crippen molar-refractivity contribution in [2.75, 3.05) is 6.54 Å². The van der Waals surface area contributed by atoms with Crippen LogP contribution < -0.4 is 5.32 Å². The zero-order valence-corrected chi connectivity index (χ0v) is 12.0. The lowest BCUT2D eigenvalue weighted by molar-refractivity contribution is -0.137. The first-order valence-corrected chi connectivity index (χ1v) is 6.96. The van der Waals surface area contributed by atoms with Gasteiger partial charge in [-0.05, 0) is 12.3 Å². The molecule has 7 nitrogen and oxygen atoms in total. The molecule has 1 aromatic heterocycles. The fraction of sp³-hybridized carbons (Fsp3) is 0.692. The number of aromatic nitrogens is 3. The van der Waals surface area contributed by atoms with E-state index in [-0.39, 0.29) is 18.1 Å². The van der Waals surface area contributed by atoms with Gasteiger partial charge in [0.2, 0.25) is 0 Å². The topological polar surface area (TPSA) is 97.1 Å². The van der Waals surface area contributed by atoms with Crippen LogP contribution in [0.3, 0.4) is 0 Å². The Kier molecular flexibility index (Phi) is 6.69. The standard InChI is InChI=1S/C13H22N4O3/c1-3-5-6-10(4-2)7-14-13(20)11-8-17(16-15-11)9-12(18)19/h8,10H,3-7,9H2,1-2H3,(H,14,20)(H,18,19). The fourth-order valence-electron chi connectivity index (χ4n) is 1.89. The van der Waals surface area contributed by atoms with E-state index in [1.54, 1.807) is 0 Å². The van der Waals surface area contributed by atoms with Crippen LogP contribution in [0.4, 0.5) is 0 Å². The first-order chi connectivity index (χ1) is 9.56. The zero-order valence-electron chi connectivity index (χ0n) is 12.0. The van der Waals surface area contributed by atoms with Gasteiger partial charge in [0.25, 0.3) is 5.91 Å². The minimum atomic E-state index is -1.02. The lowest BCUT2D eigenvalue weighted by atomic mass is 9.99. The Hall–Kier alpha value is -1.92. The van der Waals surface area contributed by atoms with E-state index < -0.39 is 5.97 Å². The van der Waals surface area contributed by atoms with E-state index in [9.17, 15) is 9.59 Å². The first-order valence-electron chi connectivity index (χ1n) is 6.96. The Bertz CT molecular complexity index is 445. The van der Waals surface area contributed by atoms with Gasteiger partial charge in [0.15, 0.2) is 5.69 Å². The number of aliphatic carboxylic acids is 1. The summed E-state index contributed by atoms with van der Waals surface area (Å²) in [6, 6.07) is 0. The number of carboxylic acids is 1. The van der Waals surface area contributed by atoms with Crippen molar-refractivity contribution in [2.24, 2.45) is 5.92 Å². The molecule has 0 spiro atoms. The third-order valence-corrected chi connectivity index (χ3v) is 3.16. The number of carbonyl (C=O) groups is 2. The molecule has 0 aliphatic carbocycles. The van der Waals surface area contributed by atoms with Gasteiger partial charge in [0, 0.05) is 6.54 Å². The molecule has 1 rings (SSSR count). The largest absolute Gasteiger partial charge is 0.480 e. The third kappa shape index (κ3) is 5.38. The molecule has 0 radical (unpaired) electrons. The van der Waals surface area contributed by atoms with Crippen LogP contribution in [0, 0.1) is 5.92 Å². The van der Waals surface area contributed by atoms with Crippen LogP contribution in [0.2, 0.25) is 0 Å². The van der Waals surface area contributed by atoms with Gasteiger partial charge in [-0.3, -0.25) is 9.59 Å². The van der Waals surface area contributed by atoms with E-state index in [4.69, 9.17) is 5.11 Å². The Morgan fingerprint density at radius 3 is 2.80 bits per heavy atom. The number of unbranched alkanes of at least 4 members (excludes halogenated alkanes) is 1. The molecule has 20 heavy (non-hydrogen) atoms. The van der Waals surface area contributed by atoms with Crippen LogP contribution in [0.15, 0.2) is 6.20 Å². The molecule has 0 fully saturated rings. The van der Waals surface area contributed by atoms with E-state index in [1.807, 2.05) is 0 Å². The van der Waals surface area contributed by atoms with Crippen molar-refractivity contribution in [3.05, 3.63) is 11.9 Å². The Morgan fingerprint density at radius 1 is 1.45 bits per heavy atom. The van der Waals surface area contributed by atoms with Crippen molar-refractivity contribution in [1.82, 2.24) is 20.3 Å². The van der Waals surface area contributed by atoms with Crippen LogP contribution in [0.5, 0.6) is 0 Å². The fourth-order valence-corrected chi connectivity index (χ4v) is 1.89. The molecule has 0 aromatic carbocycles. The van der Waals surface area contributed by atoms with Crippen LogP contribution >= 0.6 is 0 Å². The molecule has 1 amide bonds. The van der Waals surface area contributed by atoms with E-state index in [1.165, 1.54) is 6.20 Å². The van der Waals surface area contributed by atoms with Crippen molar-refractivity contribution >= 4 is 11.9 Å². The highest BCUT2D eigenvalue weighted by atomic mass is 16.4. The molecule has 0 saturated heterocycles. The molecule has 0 bridgehead atoms. The summed E-state index contributed by atoms with van der Waals surface area (Å²) in [5.41, 5.74) is 0.150. The van der Waals surface area contributed by atoms with Crippen molar-refractivity contribution in [2.45, 2.75) is 46.1 Å². The highest BCUT2D eigenvalue weighted by Crippen LogP contribution is 2.11. The van der Waals surface area contributed by atoms with Crippen LogP contribution in [-0.2, 0) is 11.3 Å². The molecule has 2 N–H and O–H groups in total. The Labute approximate surface area is 118 Å². The quantitative estimate of drug-likeness (QED) is 0.711. The second kappa shape index (κ2) is 8.29. The molecular weight excluding hydrogens is 260 g/mol. The summed E-state index contributed by atoms with van der Waals surface area (Å²) < 4.78 is 1.13. The van der Waals surface area contributed by atoms with E-state index in [0.29, 0.717) is 12.5 Å². The smallest absolute Gasteiger partial charge is 0.325 e. The number of nitrogens with one attached hydrogen (secondary N) is 1. The number of hydrogen-bond acceptors (Lipinski definition) is 4. The average Bonchev–Trinajstić information content (AvgIpc) is 2.86. The van der Waals surface area contributed by atoms with E-state index >= 15 is 0 Å². The van der Waals surface area contributed by atoms with Gasteiger partial charge in [0.05, 0.1) is 6.20 Å². The lowest BCUT2D eigenvalue weighted by Crippen LogP contribution is -2.29. The molecule has 1 atom stereocenters. The molecule has 0 aliphatic heterocycles. The number of rotatable bonds is 9. The van der Waals surface area contributed by atoms with Crippen LogP contribution in [0.1, 0.15) is 50.0 Å². The molecule has 1 unspecified atom stereocenters. The molecule has 7 heteroatoms. The maximum Gasteiger partial charge on any atom is 0.325 e. The van der Waals surface area contributed by atoms with Gasteiger partial charge in [-0.2, -0.15) is 0 Å². The van der Waals surface area contributed by atoms with Gasteiger partial charge in [-0.1, -0.05) is 38.3 Å². The minimum Gasteiger partial charge on any atom is -0.480 e. The first kappa shape index (κ1) is 16.1. The summed E-state index contributed by atoms with van der Waals surface area (Å²) in [5, 5.41) is 18.7. The monoisotopic (exact) mass is 282 g/mol. The van der Waals surface area contributed by atoms with Gasteiger partial charge in [-0.25, -0.2) is 4.68 Å². The Morgan fingerprint density at radius 2 is 2.20 bits per heavy atom. The molecule has 1 heterocycles. The summed E-state index contributed by atoms with van der Waals surface area (Å²) >= 11 is 0. The minimum absolute atomic E-state index is 0.150. The van der Waals surface area contributed by atoms with Crippen molar-refractivity contribution in [1.29, 1.82) is 0 Å². The Balaban J connectivity index is 2.45. The predicted molar refractivity (Wildman–Crippen MR) is 73.3 cm³/mol.